The van der Waals surface area contributed by atoms with Gasteiger partial charge in [0.05, 0.1) is 19.8 Å². The number of ether oxygens (including phenoxy) is 3. The van der Waals surface area contributed by atoms with Gasteiger partial charge in [-0.2, -0.15) is 0 Å². The predicted molar refractivity (Wildman–Crippen MR) is 242 cm³/mol. The highest BCUT2D eigenvalue weighted by Gasteiger charge is 2.12. The average Bonchev–Trinajstić information content (AvgIpc) is 3.23. The summed E-state index contributed by atoms with van der Waals surface area (Å²) < 4.78 is 14.8. The molecule has 14 heteroatoms. The maximum Gasteiger partial charge on any atom is 0.305 e. The van der Waals surface area contributed by atoms with Gasteiger partial charge in [0.2, 0.25) is 5.24 Å². The second-order valence-corrected chi connectivity index (χ2v) is 15.4. The van der Waals surface area contributed by atoms with E-state index >= 15 is 0 Å². The van der Waals surface area contributed by atoms with E-state index in [9.17, 15) is 24.3 Å². The Morgan fingerprint density at radius 3 is 0.850 bits per heavy atom. The Balaban J connectivity index is -0.000000252. The number of unbranched alkanes of at least 4 members (excludes halogenated alkanes) is 20. The lowest BCUT2D eigenvalue weighted by Gasteiger charge is -2.12. The van der Waals surface area contributed by atoms with E-state index in [2.05, 4.69) is 27.7 Å². The lowest BCUT2D eigenvalue weighted by Crippen LogP contribution is -2.25. The van der Waals surface area contributed by atoms with Gasteiger partial charge < -0.3 is 44.8 Å². The van der Waals surface area contributed by atoms with Crippen LogP contribution in [0, 0.1) is 0 Å². The maximum atomic E-state index is 11.6. The maximum absolute atomic E-state index is 11.6. The fourth-order valence-electron chi connectivity index (χ4n) is 5.14. The number of esters is 3. The van der Waals surface area contributed by atoms with Gasteiger partial charge in [0.1, 0.15) is 38.1 Å². The van der Waals surface area contributed by atoms with E-state index in [1.165, 1.54) is 89.9 Å². The molecule has 13 nitrogen and oxygen atoms in total. The van der Waals surface area contributed by atoms with Crippen LogP contribution in [0.2, 0.25) is 0 Å². The molecule has 1 unspecified atom stereocenters. The van der Waals surface area contributed by atoms with Gasteiger partial charge in [0, 0.05) is 25.7 Å². The Labute approximate surface area is 370 Å². The Morgan fingerprint density at radius 2 is 0.617 bits per heavy atom. The fourth-order valence-corrected chi connectivity index (χ4v) is 5.27. The van der Waals surface area contributed by atoms with Gasteiger partial charge in [-0.25, -0.2) is 0 Å². The van der Waals surface area contributed by atoms with Gasteiger partial charge in [-0.1, -0.05) is 164 Å². The second-order valence-electron chi connectivity index (χ2n) is 15.0. The summed E-state index contributed by atoms with van der Waals surface area (Å²) >= 11 is 5.18. The van der Waals surface area contributed by atoms with Crippen molar-refractivity contribution < 1.29 is 64.0 Å². The number of rotatable bonds is 37. The largest absolute Gasteiger partial charge is 0.463 e. The summed E-state index contributed by atoms with van der Waals surface area (Å²) in [6.07, 6.45) is 26.3. The Morgan fingerprint density at radius 1 is 0.383 bits per heavy atom. The third-order valence-corrected chi connectivity index (χ3v) is 9.06. The molecule has 0 bridgehead atoms. The van der Waals surface area contributed by atoms with Crippen LogP contribution >= 0.6 is 11.6 Å². The molecule has 0 radical (unpaired) electrons. The number of halogens is 1. The summed E-state index contributed by atoms with van der Waals surface area (Å²) in [6.45, 7) is 7.29. The lowest BCUT2D eigenvalue weighted by atomic mass is 10.1. The molecule has 0 saturated carbocycles. The predicted octanol–water partition coefficient (Wildman–Crippen LogP) is 9.04. The Bertz CT molecular complexity index is 858. The van der Waals surface area contributed by atoms with Crippen LogP contribution in [0.1, 0.15) is 215 Å². The van der Waals surface area contributed by atoms with Crippen LogP contribution in [-0.4, -0.2) is 112 Å². The smallest absolute Gasteiger partial charge is 0.305 e. The first-order chi connectivity index (χ1) is 28.4. The molecule has 0 fully saturated rings. The standard InChI is InChI=1S/C21H40O5.C12H24O4.C9H17ClO.C3H8O3.CH4/c1-3-5-7-9-11-13-15-20(23)25-17-19(22)18-26-21(24)16-14-12-10-8-6-4-2;1-2-3-4-5-6-7-8-12(15)16-10-11(14)9-13;1-2-3-4-5-6-7-8-9(10)11;4-1-3(6)2-5;/h19,22H,3-18H2,1-2H3;11,13-14H,2-10H2,1H3;2-8H2,1H3;3-6H,1-2H2;1H4. The molecule has 362 valence electrons. The minimum atomic E-state index is -0.954. The number of hydrogen-bond donors (Lipinski definition) is 6. The van der Waals surface area contributed by atoms with Gasteiger partial charge in [-0.15, -0.1) is 0 Å². The van der Waals surface area contributed by atoms with Gasteiger partial charge in [-0.3, -0.25) is 19.2 Å². The van der Waals surface area contributed by atoms with Crippen LogP contribution in [0.4, 0.5) is 0 Å². The van der Waals surface area contributed by atoms with Crippen LogP contribution in [0.3, 0.4) is 0 Å². The topological polar surface area (TPSA) is 217 Å². The third kappa shape index (κ3) is 65.3. The number of aliphatic hydroxyl groups is 6. The van der Waals surface area contributed by atoms with Crippen LogP contribution in [0.15, 0.2) is 0 Å². The molecule has 0 aliphatic heterocycles. The van der Waals surface area contributed by atoms with E-state index in [-0.39, 0.29) is 70.2 Å². The van der Waals surface area contributed by atoms with Crippen molar-refractivity contribution in [3.05, 3.63) is 0 Å². The summed E-state index contributed by atoms with van der Waals surface area (Å²) in [5.41, 5.74) is 0. The summed E-state index contributed by atoms with van der Waals surface area (Å²) in [5, 5.41) is 51.0. The summed E-state index contributed by atoms with van der Waals surface area (Å²) in [6, 6.07) is 0. The van der Waals surface area contributed by atoms with Crippen molar-refractivity contribution in [2.24, 2.45) is 0 Å². The van der Waals surface area contributed by atoms with Crippen molar-refractivity contribution >= 4 is 34.8 Å². The summed E-state index contributed by atoms with van der Waals surface area (Å²) in [4.78, 5) is 44.6. The van der Waals surface area contributed by atoms with Crippen LogP contribution in [0.25, 0.3) is 0 Å². The van der Waals surface area contributed by atoms with Crippen LogP contribution < -0.4 is 0 Å². The van der Waals surface area contributed by atoms with Gasteiger partial charge >= 0.3 is 17.9 Å². The molecule has 1 atom stereocenters. The van der Waals surface area contributed by atoms with E-state index in [0.717, 1.165) is 64.2 Å². The molecular weight excluding hydrogens is 796 g/mol. The second kappa shape index (κ2) is 57.1. The molecule has 0 heterocycles. The zero-order chi connectivity index (χ0) is 45.2. The van der Waals surface area contributed by atoms with E-state index in [4.69, 9.17) is 51.3 Å². The minimum Gasteiger partial charge on any atom is -0.463 e. The molecule has 0 aliphatic carbocycles. The molecular formula is C46H93ClO13. The van der Waals surface area contributed by atoms with Crippen molar-refractivity contribution in [3.63, 3.8) is 0 Å². The van der Waals surface area contributed by atoms with Crippen molar-refractivity contribution in [3.8, 4) is 0 Å². The van der Waals surface area contributed by atoms with Crippen molar-refractivity contribution in [2.45, 2.75) is 233 Å². The number of carbonyl (C=O) groups is 4. The lowest BCUT2D eigenvalue weighted by molar-refractivity contribution is -0.152. The normalized spacial score (nSPS) is 10.9. The SMILES string of the molecule is C.CCCCCCCCC(=O)Cl.CCCCCCCCC(=O)OCC(O)CO.CCCCCCCCC(=O)OCC(O)COC(=O)CCCCCCCC.OCC(O)CO. The monoisotopic (exact) mass is 889 g/mol. The molecule has 0 spiro atoms. The van der Waals surface area contributed by atoms with Gasteiger partial charge in [0.15, 0.2) is 0 Å². The highest BCUT2D eigenvalue weighted by atomic mass is 35.5. The van der Waals surface area contributed by atoms with Crippen LogP contribution in [0.5, 0.6) is 0 Å². The first kappa shape index (κ1) is 67.2. The first-order valence-electron chi connectivity index (χ1n) is 22.9. The van der Waals surface area contributed by atoms with E-state index in [1.807, 2.05) is 0 Å². The number of carbonyl (C=O) groups excluding carboxylic acids is 4. The minimum absolute atomic E-state index is 0. The number of hydrogen-bond acceptors (Lipinski definition) is 13. The highest BCUT2D eigenvalue weighted by molar-refractivity contribution is 6.63. The van der Waals surface area contributed by atoms with Crippen molar-refractivity contribution in [1.82, 2.24) is 0 Å². The zero-order valence-electron chi connectivity index (χ0n) is 37.7. The van der Waals surface area contributed by atoms with Crippen molar-refractivity contribution in [1.29, 1.82) is 0 Å². The van der Waals surface area contributed by atoms with E-state index in [1.54, 1.807) is 0 Å². The number of aliphatic hydroxyl groups excluding tert-OH is 6. The Hall–Kier alpha value is -1.87. The third-order valence-electron chi connectivity index (χ3n) is 8.87. The Kier molecular flexibility index (Phi) is 64.0. The summed E-state index contributed by atoms with van der Waals surface area (Å²) in [7, 11) is 0. The molecule has 0 aromatic carbocycles. The quantitative estimate of drug-likeness (QED) is 0.0149. The molecule has 0 rings (SSSR count). The molecule has 0 aromatic rings. The molecule has 6 N–H and O–H groups in total. The van der Waals surface area contributed by atoms with Crippen LogP contribution in [-0.2, 0) is 33.4 Å². The summed E-state index contributed by atoms with van der Waals surface area (Å²) in [5.74, 6) is -0.876. The fraction of sp³-hybridized carbons (Fsp3) is 0.913. The van der Waals surface area contributed by atoms with Crippen molar-refractivity contribution in [2.75, 3.05) is 39.6 Å². The van der Waals surface area contributed by atoms with E-state index < -0.39 is 18.3 Å². The molecule has 0 aliphatic rings. The molecule has 0 saturated heterocycles. The molecule has 0 amide bonds. The first-order valence-corrected chi connectivity index (χ1v) is 23.3. The average molecular weight is 890 g/mol. The molecule has 60 heavy (non-hydrogen) atoms. The van der Waals surface area contributed by atoms with Gasteiger partial charge in [0.25, 0.3) is 0 Å². The van der Waals surface area contributed by atoms with Gasteiger partial charge in [-0.05, 0) is 37.3 Å². The zero-order valence-corrected chi connectivity index (χ0v) is 38.4. The van der Waals surface area contributed by atoms with E-state index in [0.29, 0.717) is 25.7 Å². The molecule has 0 aromatic heterocycles. The highest BCUT2D eigenvalue weighted by Crippen LogP contribution is 2.10.